The van der Waals surface area contributed by atoms with Crippen LogP contribution in [0.5, 0.6) is 11.5 Å². The first-order chi connectivity index (χ1) is 9.65. The van der Waals surface area contributed by atoms with Crippen LogP contribution >= 0.6 is 0 Å². The minimum Gasteiger partial charge on any atom is -0.486 e. The topological polar surface area (TPSA) is 90.8 Å². The van der Waals surface area contributed by atoms with Gasteiger partial charge in [-0.15, -0.1) is 0 Å². The second-order valence-electron chi connectivity index (χ2n) is 5.24. The summed E-state index contributed by atoms with van der Waals surface area (Å²) in [5.74, 6) is 1.03. The Labute approximate surface area is 117 Å². The standard InChI is InChI=1S/C14H19N3O3/c15-10-6-12-13(20-5-4-19-12)7-11(10)17-3-1-2-9(8-17)14(16)18/h6-7,9H,1-5,8,15H2,(H2,16,18). The third-order valence-electron chi connectivity index (χ3n) is 3.86. The van der Waals surface area contributed by atoms with E-state index in [1.165, 1.54) is 0 Å². The summed E-state index contributed by atoms with van der Waals surface area (Å²) in [6.45, 7) is 2.56. The minimum absolute atomic E-state index is 0.114. The number of nitrogen functional groups attached to an aromatic ring is 1. The van der Waals surface area contributed by atoms with Gasteiger partial charge in [0.15, 0.2) is 11.5 Å². The van der Waals surface area contributed by atoms with E-state index in [2.05, 4.69) is 4.90 Å². The second kappa shape index (κ2) is 5.11. The highest BCUT2D eigenvalue weighted by atomic mass is 16.6. The maximum atomic E-state index is 11.4. The first-order valence-corrected chi connectivity index (χ1v) is 6.88. The van der Waals surface area contributed by atoms with Crippen LogP contribution in [0.15, 0.2) is 12.1 Å². The van der Waals surface area contributed by atoms with E-state index in [1.807, 2.05) is 6.07 Å². The number of carbonyl (C=O) groups excluding carboxylic acids is 1. The highest BCUT2D eigenvalue weighted by Crippen LogP contribution is 2.39. The molecule has 20 heavy (non-hydrogen) atoms. The number of nitrogens with zero attached hydrogens (tertiary/aromatic N) is 1. The Kier molecular flexibility index (Phi) is 3.30. The summed E-state index contributed by atoms with van der Waals surface area (Å²) in [5.41, 5.74) is 13.0. The first-order valence-electron chi connectivity index (χ1n) is 6.88. The largest absolute Gasteiger partial charge is 0.486 e. The monoisotopic (exact) mass is 277 g/mol. The lowest BCUT2D eigenvalue weighted by atomic mass is 9.97. The van der Waals surface area contributed by atoms with Gasteiger partial charge in [-0.1, -0.05) is 0 Å². The number of piperidine rings is 1. The summed E-state index contributed by atoms with van der Waals surface area (Å²) >= 11 is 0. The van der Waals surface area contributed by atoms with Crippen LogP contribution in [-0.4, -0.2) is 32.2 Å². The quantitative estimate of drug-likeness (QED) is 0.778. The van der Waals surface area contributed by atoms with Gasteiger partial charge in [0.05, 0.1) is 17.3 Å². The number of carbonyl (C=O) groups is 1. The molecule has 0 spiro atoms. The third kappa shape index (κ3) is 2.33. The van der Waals surface area contributed by atoms with Crippen molar-refractivity contribution in [3.63, 3.8) is 0 Å². The van der Waals surface area contributed by atoms with E-state index in [4.69, 9.17) is 20.9 Å². The van der Waals surface area contributed by atoms with E-state index < -0.39 is 0 Å². The molecule has 0 bridgehead atoms. The molecule has 2 aliphatic rings. The molecule has 0 aliphatic carbocycles. The smallest absolute Gasteiger partial charge is 0.222 e. The van der Waals surface area contributed by atoms with Gasteiger partial charge in [-0.2, -0.15) is 0 Å². The van der Waals surface area contributed by atoms with Crippen LogP contribution in [-0.2, 0) is 4.79 Å². The van der Waals surface area contributed by atoms with E-state index in [0.29, 0.717) is 36.9 Å². The second-order valence-corrected chi connectivity index (χ2v) is 5.24. The predicted molar refractivity (Wildman–Crippen MR) is 76.0 cm³/mol. The van der Waals surface area contributed by atoms with Gasteiger partial charge in [-0.3, -0.25) is 4.79 Å². The van der Waals surface area contributed by atoms with Gasteiger partial charge in [0.25, 0.3) is 0 Å². The lowest BCUT2D eigenvalue weighted by Gasteiger charge is -2.34. The van der Waals surface area contributed by atoms with Crippen LogP contribution in [0.1, 0.15) is 12.8 Å². The molecule has 6 nitrogen and oxygen atoms in total. The van der Waals surface area contributed by atoms with Crippen molar-refractivity contribution in [3.05, 3.63) is 12.1 Å². The zero-order valence-corrected chi connectivity index (χ0v) is 11.3. The zero-order valence-electron chi connectivity index (χ0n) is 11.3. The molecule has 0 aromatic heterocycles. The molecular formula is C14H19N3O3. The molecular weight excluding hydrogens is 258 g/mol. The normalized spacial score (nSPS) is 21.6. The molecule has 0 radical (unpaired) electrons. The molecule has 4 N–H and O–H groups in total. The van der Waals surface area contributed by atoms with Gasteiger partial charge in [-0.05, 0) is 12.8 Å². The van der Waals surface area contributed by atoms with Crippen molar-refractivity contribution in [2.45, 2.75) is 12.8 Å². The Morgan fingerprint density at radius 3 is 2.65 bits per heavy atom. The van der Waals surface area contributed by atoms with Crippen LogP contribution in [0.25, 0.3) is 0 Å². The van der Waals surface area contributed by atoms with E-state index in [-0.39, 0.29) is 11.8 Å². The Balaban J connectivity index is 1.87. The highest BCUT2D eigenvalue weighted by molar-refractivity contribution is 5.79. The molecule has 1 fully saturated rings. The summed E-state index contributed by atoms with van der Waals surface area (Å²) in [6, 6.07) is 3.69. The number of primary amides is 1. The summed E-state index contributed by atoms with van der Waals surface area (Å²) in [6.07, 6.45) is 1.78. The molecule has 2 aliphatic heterocycles. The van der Waals surface area contributed by atoms with E-state index in [1.54, 1.807) is 6.07 Å². The SMILES string of the molecule is NC(=O)C1CCCN(c2cc3c(cc2N)OCCO3)C1. The third-order valence-corrected chi connectivity index (χ3v) is 3.86. The number of nitrogens with two attached hydrogens (primary N) is 2. The number of benzene rings is 1. The van der Waals surface area contributed by atoms with Gasteiger partial charge in [-0.25, -0.2) is 0 Å². The average Bonchev–Trinajstić information content (AvgIpc) is 2.46. The summed E-state index contributed by atoms with van der Waals surface area (Å²) in [4.78, 5) is 13.5. The van der Waals surface area contributed by atoms with Crippen molar-refractivity contribution in [1.82, 2.24) is 0 Å². The molecule has 1 amide bonds. The summed E-state index contributed by atoms with van der Waals surface area (Å²) in [7, 11) is 0. The molecule has 1 atom stereocenters. The maximum Gasteiger partial charge on any atom is 0.222 e. The van der Waals surface area contributed by atoms with Gasteiger partial charge in [0, 0.05) is 25.2 Å². The minimum atomic E-state index is -0.245. The lowest BCUT2D eigenvalue weighted by molar-refractivity contribution is -0.122. The van der Waals surface area contributed by atoms with Crippen LogP contribution in [0, 0.1) is 5.92 Å². The van der Waals surface area contributed by atoms with Crippen molar-refractivity contribution in [3.8, 4) is 11.5 Å². The molecule has 1 aromatic rings. The van der Waals surface area contributed by atoms with Crippen molar-refractivity contribution < 1.29 is 14.3 Å². The van der Waals surface area contributed by atoms with Crippen molar-refractivity contribution in [2.24, 2.45) is 11.7 Å². The van der Waals surface area contributed by atoms with Crippen LogP contribution in [0.3, 0.4) is 0 Å². The molecule has 1 saturated heterocycles. The highest BCUT2D eigenvalue weighted by Gasteiger charge is 2.26. The van der Waals surface area contributed by atoms with E-state index >= 15 is 0 Å². The van der Waals surface area contributed by atoms with Crippen LogP contribution in [0.4, 0.5) is 11.4 Å². The van der Waals surface area contributed by atoms with E-state index in [0.717, 1.165) is 25.1 Å². The molecule has 1 aromatic carbocycles. The molecule has 6 heteroatoms. The van der Waals surface area contributed by atoms with Gasteiger partial charge < -0.3 is 25.8 Å². The molecule has 2 heterocycles. The Morgan fingerprint density at radius 1 is 1.25 bits per heavy atom. The Hall–Kier alpha value is -2.11. The number of hydrogen-bond acceptors (Lipinski definition) is 5. The first kappa shape index (κ1) is 12.9. The Morgan fingerprint density at radius 2 is 1.95 bits per heavy atom. The van der Waals surface area contributed by atoms with Crippen molar-refractivity contribution in [1.29, 1.82) is 0 Å². The number of amides is 1. The maximum absolute atomic E-state index is 11.4. The average molecular weight is 277 g/mol. The number of fused-ring (bicyclic) bond motifs is 1. The van der Waals surface area contributed by atoms with Gasteiger partial charge >= 0.3 is 0 Å². The molecule has 1 unspecified atom stereocenters. The number of rotatable bonds is 2. The fraction of sp³-hybridized carbons (Fsp3) is 0.500. The predicted octanol–water partition coefficient (Wildman–Crippen LogP) is 0.742. The van der Waals surface area contributed by atoms with Gasteiger partial charge in [0.2, 0.25) is 5.91 Å². The van der Waals surface area contributed by atoms with Crippen LogP contribution < -0.4 is 25.8 Å². The number of hydrogen-bond donors (Lipinski definition) is 2. The number of ether oxygens (including phenoxy) is 2. The van der Waals surface area contributed by atoms with Crippen molar-refractivity contribution in [2.75, 3.05) is 36.9 Å². The van der Waals surface area contributed by atoms with Crippen molar-refractivity contribution >= 4 is 17.3 Å². The summed E-state index contributed by atoms with van der Waals surface area (Å²) in [5, 5.41) is 0. The van der Waals surface area contributed by atoms with Crippen LogP contribution in [0.2, 0.25) is 0 Å². The van der Waals surface area contributed by atoms with Gasteiger partial charge in [0.1, 0.15) is 13.2 Å². The molecule has 0 saturated carbocycles. The Bertz CT molecular complexity index is 533. The molecule has 3 rings (SSSR count). The zero-order chi connectivity index (χ0) is 14.1. The summed E-state index contributed by atoms with van der Waals surface area (Å²) < 4.78 is 11.1. The fourth-order valence-electron chi connectivity index (χ4n) is 2.80. The molecule has 108 valence electrons. The number of anilines is 2. The lowest BCUT2D eigenvalue weighted by Crippen LogP contribution is -2.41. The fourth-order valence-corrected chi connectivity index (χ4v) is 2.80. The van der Waals surface area contributed by atoms with E-state index in [9.17, 15) is 4.79 Å².